The van der Waals surface area contributed by atoms with Crippen LogP contribution in [0.1, 0.15) is 52.8 Å². The van der Waals surface area contributed by atoms with Gasteiger partial charge >= 0.3 is 5.69 Å². The van der Waals surface area contributed by atoms with Gasteiger partial charge < -0.3 is 9.47 Å². The highest BCUT2D eigenvalue weighted by Crippen LogP contribution is 2.37. The van der Waals surface area contributed by atoms with Crippen molar-refractivity contribution in [3.05, 3.63) is 38.9 Å². The number of benzene rings is 1. The van der Waals surface area contributed by atoms with Crippen molar-refractivity contribution in [2.24, 2.45) is 5.10 Å². The Hall–Kier alpha value is -2.61. The number of hydrogen-bond acceptors (Lipinski definition) is 7. The molecule has 1 aromatic carbocycles. The fourth-order valence-corrected chi connectivity index (χ4v) is 2.64. The van der Waals surface area contributed by atoms with Crippen LogP contribution in [0.15, 0.2) is 22.0 Å². The Bertz CT molecular complexity index is 903. The van der Waals surface area contributed by atoms with Gasteiger partial charge in [0.05, 0.1) is 23.9 Å². The molecule has 2 rings (SSSR count). The second-order valence-electron chi connectivity index (χ2n) is 7.39. The highest BCUT2D eigenvalue weighted by Gasteiger charge is 2.21. The summed E-state index contributed by atoms with van der Waals surface area (Å²) >= 11 is 6.36. The minimum absolute atomic E-state index is 0.0385. The van der Waals surface area contributed by atoms with E-state index >= 15 is 0 Å². The molecule has 152 valence electrons. The van der Waals surface area contributed by atoms with E-state index in [2.05, 4.69) is 25.7 Å². The smallest absolute Gasteiger partial charge is 0.363 e. The SMILES string of the molecule is CCOc1cc(/C=N/Nc2nc(=O)[nH]nc2C(C)(C)C)cc(Cl)c1OC(C)C. The average Bonchev–Trinajstić information content (AvgIpc) is 2.57. The third-order valence-corrected chi connectivity index (χ3v) is 3.76. The molecule has 0 amide bonds. The fourth-order valence-electron chi connectivity index (χ4n) is 2.38. The number of nitrogens with zero attached hydrogens (tertiary/aromatic N) is 3. The first kappa shape index (κ1) is 21.7. The number of rotatable bonds is 7. The number of hydrogen-bond donors (Lipinski definition) is 2. The lowest BCUT2D eigenvalue weighted by Crippen LogP contribution is -2.24. The van der Waals surface area contributed by atoms with E-state index in [1.54, 1.807) is 18.3 Å². The molecule has 0 aliphatic rings. The number of ether oxygens (including phenoxy) is 2. The van der Waals surface area contributed by atoms with Crippen LogP contribution in [-0.2, 0) is 5.41 Å². The molecule has 0 radical (unpaired) electrons. The van der Waals surface area contributed by atoms with Crippen LogP contribution < -0.4 is 20.6 Å². The molecule has 0 bridgehead atoms. The zero-order chi connectivity index (χ0) is 20.9. The molecular weight excluding hydrogens is 382 g/mol. The molecule has 0 spiro atoms. The number of aromatic amines is 1. The lowest BCUT2D eigenvalue weighted by Gasteiger charge is -2.18. The molecule has 8 nitrogen and oxygen atoms in total. The van der Waals surface area contributed by atoms with E-state index < -0.39 is 5.69 Å². The van der Waals surface area contributed by atoms with Crippen molar-refractivity contribution in [3.63, 3.8) is 0 Å². The molecule has 0 saturated carbocycles. The highest BCUT2D eigenvalue weighted by atomic mass is 35.5. The van der Waals surface area contributed by atoms with Gasteiger partial charge in [0, 0.05) is 5.41 Å². The minimum atomic E-state index is -0.553. The van der Waals surface area contributed by atoms with E-state index in [4.69, 9.17) is 21.1 Å². The van der Waals surface area contributed by atoms with E-state index in [0.717, 1.165) is 0 Å². The van der Waals surface area contributed by atoms with E-state index in [1.165, 1.54) is 0 Å². The summed E-state index contributed by atoms with van der Waals surface area (Å²) in [5.74, 6) is 1.33. The summed E-state index contributed by atoms with van der Waals surface area (Å²) in [5, 5.41) is 11.0. The Morgan fingerprint density at radius 1 is 1.36 bits per heavy atom. The summed E-state index contributed by atoms with van der Waals surface area (Å²) in [5.41, 5.74) is 3.21. The molecule has 0 atom stereocenters. The number of halogens is 1. The first-order valence-corrected chi connectivity index (χ1v) is 9.39. The van der Waals surface area contributed by atoms with Gasteiger partial charge in [0.15, 0.2) is 17.3 Å². The quantitative estimate of drug-likeness (QED) is 0.535. The van der Waals surface area contributed by atoms with Crippen molar-refractivity contribution in [2.45, 2.75) is 53.1 Å². The average molecular weight is 408 g/mol. The Labute approximate surface area is 169 Å². The molecular formula is C19H26ClN5O3. The zero-order valence-corrected chi connectivity index (χ0v) is 17.7. The molecule has 1 heterocycles. The monoisotopic (exact) mass is 407 g/mol. The molecule has 0 saturated heterocycles. The van der Waals surface area contributed by atoms with Gasteiger partial charge in [-0.15, -0.1) is 0 Å². The van der Waals surface area contributed by atoms with Crippen molar-refractivity contribution < 1.29 is 9.47 Å². The van der Waals surface area contributed by atoms with Crippen LogP contribution in [0.5, 0.6) is 11.5 Å². The van der Waals surface area contributed by atoms with E-state index in [1.807, 2.05) is 41.5 Å². The number of hydrazone groups is 1. The molecule has 1 aromatic heterocycles. The normalized spacial score (nSPS) is 11.9. The topological polar surface area (TPSA) is 101 Å². The highest BCUT2D eigenvalue weighted by molar-refractivity contribution is 6.32. The summed E-state index contributed by atoms with van der Waals surface area (Å²) in [6.07, 6.45) is 1.52. The zero-order valence-electron chi connectivity index (χ0n) is 17.0. The molecule has 0 fully saturated rings. The standard InChI is InChI=1S/C19H26ClN5O3/c1-7-27-14-9-12(8-13(20)15(14)28-11(2)3)10-21-24-17-16(19(4,5)6)23-25-18(26)22-17/h8-11H,7H2,1-6H3,(H2,22,24,25,26)/b21-10+. The van der Waals surface area contributed by atoms with Crippen LogP contribution in [0.25, 0.3) is 0 Å². The lowest BCUT2D eigenvalue weighted by molar-refractivity contribution is 0.224. The molecule has 0 unspecified atom stereocenters. The first-order valence-electron chi connectivity index (χ1n) is 9.01. The van der Waals surface area contributed by atoms with Crippen molar-refractivity contribution >= 4 is 23.6 Å². The Morgan fingerprint density at radius 2 is 2.07 bits per heavy atom. The third-order valence-electron chi connectivity index (χ3n) is 3.48. The van der Waals surface area contributed by atoms with Gasteiger partial charge in [-0.2, -0.15) is 15.2 Å². The first-order chi connectivity index (χ1) is 13.1. The fraction of sp³-hybridized carbons (Fsp3) is 0.474. The van der Waals surface area contributed by atoms with Crippen LogP contribution in [0.2, 0.25) is 5.02 Å². The van der Waals surface area contributed by atoms with Crippen molar-refractivity contribution in [1.82, 2.24) is 15.2 Å². The Balaban J connectivity index is 2.30. The van der Waals surface area contributed by atoms with Gasteiger partial charge in [0.25, 0.3) is 0 Å². The molecule has 28 heavy (non-hydrogen) atoms. The van der Waals surface area contributed by atoms with E-state index in [9.17, 15) is 4.79 Å². The lowest BCUT2D eigenvalue weighted by atomic mass is 9.92. The predicted octanol–water partition coefficient (Wildman–Crippen LogP) is 3.75. The van der Waals surface area contributed by atoms with Gasteiger partial charge in [0.1, 0.15) is 5.69 Å². The summed E-state index contributed by atoms with van der Waals surface area (Å²) in [7, 11) is 0. The van der Waals surface area contributed by atoms with Gasteiger partial charge in [-0.05, 0) is 38.5 Å². The van der Waals surface area contributed by atoms with Gasteiger partial charge in [-0.1, -0.05) is 32.4 Å². The van der Waals surface area contributed by atoms with E-state index in [0.29, 0.717) is 40.2 Å². The Morgan fingerprint density at radius 3 is 2.68 bits per heavy atom. The van der Waals surface area contributed by atoms with Gasteiger partial charge in [0.2, 0.25) is 0 Å². The maximum atomic E-state index is 11.5. The summed E-state index contributed by atoms with van der Waals surface area (Å²) in [4.78, 5) is 15.4. The van der Waals surface area contributed by atoms with E-state index in [-0.39, 0.29) is 11.5 Å². The number of aromatic nitrogens is 3. The number of H-pyrrole nitrogens is 1. The van der Waals surface area contributed by atoms with Crippen molar-refractivity contribution in [2.75, 3.05) is 12.0 Å². The number of nitrogens with one attached hydrogen (secondary N) is 2. The minimum Gasteiger partial charge on any atom is -0.490 e. The molecule has 9 heteroatoms. The molecule has 0 aliphatic heterocycles. The van der Waals surface area contributed by atoms with Crippen LogP contribution in [0, 0.1) is 0 Å². The largest absolute Gasteiger partial charge is 0.490 e. The Kier molecular flexibility index (Phi) is 7.01. The molecule has 0 aliphatic carbocycles. The van der Waals surface area contributed by atoms with Crippen molar-refractivity contribution in [3.8, 4) is 11.5 Å². The molecule has 2 N–H and O–H groups in total. The second-order valence-corrected chi connectivity index (χ2v) is 7.79. The van der Waals surface area contributed by atoms with Crippen LogP contribution in [-0.4, -0.2) is 34.1 Å². The molecule has 2 aromatic rings. The third kappa shape index (κ3) is 5.69. The maximum Gasteiger partial charge on any atom is 0.363 e. The summed E-state index contributed by atoms with van der Waals surface area (Å²) < 4.78 is 11.4. The van der Waals surface area contributed by atoms with Gasteiger partial charge in [-0.25, -0.2) is 9.89 Å². The second kappa shape index (κ2) is 9.05. The van der Waals surface area contributed by atoms with Gasteiger partial charge in [-0.3, -0.25) is 5.43 Å². The summed E-state index contributed by atoms with van der Waals surface area (Å²) in [6.45, 7) is 12.1. The predicted molar refractivity (Wildman–Crippen MR) is 111 cm³/mol. The number of anilines is 1. The van der Waals surface area contributed by atoms with Crippen LogP contribution >= 0.6 is 11.6 Å². The maximum absolute atomic E-state index is 11.5. The van der Waals surface area contributed by atoms with Crippen LogP contribution in [0.3, 0.4) is 0 Å². The van der Waals surface area contributed by atoms with Crippen LogP contribution in [0.4, 0.5) is 5.82 Å². The summed E-state index contributed by atoms with van der Waals surface area (Å²) in [6, 6.07) is 3.51. The van der Waals surface area contributed by atoms with Crippen molar-refractivity contribution in [1.29, 1.82) is 0 Å².